The molecule has 0 aliphatic rings. The van der Waals surface area contributed by atoms with Crippen molar-refractivity contribution in [3.63, 3.8) is 0 Å². The zero-order valence-corrected chi connectivity index (χ0v) is 19.7. The second-order valence-corrected chi connectivity index (χ2v) is 8.61. The molecule has 0 spiro atoms. The molecule has 0 heterocycles. The van der Waals surface area contributed by atoms with Gasteiger partial charge in [-0.3, -0.25) is 9.59 Å². The van der Waals surface area contributed by atoms with E-state index in [0.29, 0.717) is 31.2 Å². The fourth-order valence-electron chi connectivity index (χ4n) is 3.26. The molecular formula is C26H36N2O3. The van der Waals surface area contributed by atoms with Crippen molar-refractivity contribution < 1.29 is 14.3 Å². The van der Waals surface area contributed by atoms with Crippen LogP contribution in [0.15, 0.2) is 42.5 Å². The highest BCUT2D eigenvalue weighted by atomic mass is 16.5. The molecule has 0 bridgehead atoms. The molecule has 0 aliphatic heterocycles. The van der Waals surface area contributed by atoms with Crippen molar-refractivity contribution in [2.75, 3.05) is 13.2 Å². The van der Waals surface area contributed by atoms with Crippen LogP contribution in [0.5, 0.6) is 5.75 Å². The van der Waals surface area contributed by atoms with E-state index in [1.807, 2.05) is 84.0 Å². The maximum atomic E-state index is 13.2. The first-order valence-electron chi connectivity index (χ1n) is 11.0. The molecule has 0 radical (unpaired) electrons. The molecule has 5 nitrogen and oxygen atoms in total. The van der Waals surface area contributed by atoms with Crippen molar-refractivity contribution in [2.24, 2.45) is 5.92 Å². The number of hydrogen-bond acceptors (Lipinski definition) is 3. The molecule has 0 aromatic heterocycles. The molecule has 0 aliphatic carbocycles. The summed E-state index contributed by atoms with van der Waals surface area (Å²) in [7, 11) is 0. The molecule has 31 heavy (non-hydrogen) atoms. The summed E-state index contributed by atoms with van der Waals surface area (Å²) in [5, 5.41) is 2.98. The Kier molecular flexibility index (Phi) is 9.10. The van der Waals surface area contributed by atoms with Crippen LogP contribution in [-0.4, -0.2) is 35.9 Å². The van der Waals surface area contributed by atoms with Crippen molar-refractivity contribution in [1.82, 2.24) is 10.2 Å². The maximum absolute atomic E-state index is 13.2. The summed E-state index contributed by atoms with van der Waals surface area (Å²) in [6.07, 6.45) is 0.533. The van der Waals surface area contributed by atoms with Crippen LogP contribution in [0.2, 0.25) is 0 Å². The lowest BCUT2D eigenvalue weighted by Crippen LogP contribution is -2.50. The smallest absolute Gasteiger partial charge is 0.261 e. The van der Waals surface area contributed by atoms with Crippen LogP contribution < -0.4 is 10.1 Å². The lowest BCUT2D eigenvalue weighted by molar-refractivity contribution is -0.143. The zero-order chi connectivity index (χ0) is 23.0. The average molecular weight is 425 g/mol. The van der Waals surface area contributed by atoms with Gasteiger partial charge in [-0.1, -0.05) is 56.7 Å². The minimum Gasteiger partial charge on any atom is -0.484 e. The van der Waals surface area contributed by atoms with Crippen LogP contribution in [0.25, 0.3) is 0 Å². The third kappa shape index (κ3) is 7.42. The monoisotopic (exact) mass is 424 g/mol. The fraction of sp³-hybridized carbons (Fsp3) is 0.462. The van der Waals surface area contributed by atoms with Crippen LogP contribution in [0.4, 0.5) is 0 Å². The van der Waals surface area contributed by atoms with Crippen molar-refractivity contribution in [3.05, 3.63) is 64.7 Å². The summed E-state index contributed by atoms with van der Waals surface area (Å²) in [6.45, 7) is 12.9. The summed E-state index contributed by atoms with van der Waals surface area (Å²) in [5.41, 5.74) is 4.43. The van der Waals surface area contributed by atoms with Crippen LogP contribution in [-0.2, 0) is 16.1 Å². The van der Waals surface area contributed by atoms with E-state index in [1.54, 1.807) is 4.90 Å². The van der Waals surface area contributed by atoms with Gasteiger partial charge in [0.1, 0.15) is 11.8 Å². The number of benzene rings is 2. The number of hydrogen-bond donors (Lipinski definition) is 1. The van der Waals surface area contributed by atoms with E-state index in [1.165, 1.54) is 5.56 Å². The van der Waals surface area contributed by atoms with Crippen LogP contribution in [0.1, 0.15) is 49.4 Å². The Morgan fingerprint density at radius 1 is 1.00 bits per heavy atom. The highest BCUT2D eigenvalue weighted by Gasteiger charge is 2.29. The Hall–Kier alpha value is -2.82. The van der Waals surface area contributed by atoms with E-state index < -0.39 is 6.04 Å². The van der Waals surface area contributed by atoms with Gasteiger partial charge in [-0.15, -0.1) is 0 Å². The van der Waals surface area contributed by atoms with E-state index in [-0.39, 0.29) is 18.4 Å². The molecule has 2 aromatic rings. The Labute approximate surface area is 186 Å². The van der Waals surface area contributed by atoms with Gasteiger partial charge in [0.25, 0.3) is 5.91 Å². The molecule has 0 fully saturated rings. The number of aryl methyl sites for hydroxylation is 3. The summed E-state index contributed by atoms with van der Waals surface area (Å²) >= 11 is 0. The molecule has 2 aromatic carbocycles. The quantitative estimate of drug-likeness (QED) is 0.608. The van der Waals surface area contributed by atoms with Gasteiger partial charge in [-0.2, -0.15) is 0 Å². The molecule has 2 rings (SSSR count). The topological polar surface area (TPSA) is 58.6 Å². The Balaban J connectivity index is 2.19. The summed E-state index contributed by atoms with van der Waals surface area (Å²) in [4.78, 5) is 27.7. The van der Waals surface area contributed by atoms with Gasteiger partial charge >= 0.3 is 0 Å². The predicted octanol–water partition coefficient (Wildman–Crippen LogP) is 4.57. The van der Waals surface area contributed by atoms with E-state index in [0.717, 1.165) is 16.7 Å². The van der Waals surface area contributed by atoms with Gasteiger partial charge in [-0.05, 0) is 61.9 Å². The summed E-state index contributed by atoms with van der Waals surface area (Å²) < 4.78 is 5.79. The van der Waals surface area contributed by atoms with E-state index in [9.17, 15) is 9.59 Å². The molecule has 168 valence electrons. The van der Waals surface area contributed by atoms with Crippen molar-refractivity contribution in [3.8, 4) is 5.75 Å². The van der Waals surface area contributed by atoms with Gasteiger partial charge in [0.15, 0.2) is 6.61 Å². The van der Waals surface area contributed by atoms with Gasteiger partial charge < -0.3 is 15.0 Å². The molecule has 5 heteroatoms. The van der Waals surface area contributed by atoms with Crippen molar-refractivity contribution >= 4 is 11.8 Å². The van der Waals surface area contributed by atoms with E-state index in [4.69, 9.17) is 4.74 Å². The number of rotatable bonds is 10. The highest BCUT2D eigenvalue weighted by Crippen LogP contribution is 2.18. The SMILES string of the molecule is CC[C@H](C(=O)NCC(C)C)N(Cc1ccc(C)cc1)C(=O)COc1ccc(C)c(C)c1. The van der Waals surface area contributed by atoms with Crippen LogP contribution in [0, 0.1) is 26.7 Å². The number of nitrogens with zero attached hydrogens (tertiary/aromatic N) is 1. The number of carbonyl (C=O) groups is 2. The van der Waals surface area contributed by atoms with Crippen LogP contribution >= 0.6 is 0 Å². The Bertz CT molecular complexity index is 875. The standard InChI is InChI=1S/C26H36N2O3/c1-7-24(26(30)27-15-18(2)3)28(16-22-11-8-19(4)9-12-22)25(29)17-31-23-13-10-20(5)21(6)14-23/h8-14,18,24H,7,15-17H2,1-6H3,(H,27,30)/t24-/m1/s1. The molecule has 0 saturated heterocycles. The minimum atomic E-state index is -0.545. The minimum absolute atomic E-state index is 0.109. The third-order valence-corrected chi connectivity index (χ3v) is 5.38. The van der Waals surface area contributed by atoms with Gasteiger partial charge in [0.2, 0.25) is 5.91 Å². The first kappa shape index (κ1) is 24.4. The van der Waals surface area contributed by atoms with Crippen molar-refractivity contribution in [1.29, 1.82) is 0 Å². The lowest BCUT2D eigenvalue weighted by atomic mass is 10.1. The molecule has 2 amide bonds. The summed E-state index contributed by atoms with van der Waals surface area (Å²) in [5.74, 6) is 0.674. The van der Waals surface area contributed by atoms with Gasteiger partial charge in [0.05, 0.1) is 0 Å². The normalized spacial score (nSPS) is 11.8. The third-order valence-electron chi connectivity index (χ3n) is 5.38. The second kappa shape index (κ2) is 11.5. The van der Waals surface area contributed by atoms with Gasteiger partial charge in [-0.25, -0.2) is 0 Å². The largest absolute Gasteiger partial charge is 0.484 e. The van der Waals surface area contributed by atoms with Crippen molar-refractivity contribution in [2.45, 2.75) is 60.5 Å². The van der Waals surface area contributed by atoms with Crippen LogP contribution in [0.3, 0.4) is 0 Å². The number of ether oxygens (including phenoxy) is 1. The number of amides is 2. The number of carbonyl (C=O) groups excluding carboxylic acids is 2. The lowest BCUT2D eigenvalue weighted by Gasteiger charge is -2.31. The highest BCUT2D eigenvalue weighted by molar-refractivity contribution is 5.88. The first-order valence-corrected chi connectivity index (χ1v) is 11.0. The molecule has 1 N–H and O–H groups in total. The zero-order valence-electron chi connectivity index (χ0n) is 19.7. The Morgan fingerprint density at radius 2 is 1.68 bits per heavy atom. The molecule has 0 unspecified atom stereocenters. The summed E-state index contributed by atoms with van der Waals surface area (Å²) in [6, 6.07) is 13.3. The molecule has 1 atom stereocenters. The first-order chi connectivity index (χ1) is 14.7. The molecule has 0 saturated carbocycles. The van der Waals surface area contributed by atoms with E-state index >= 15 is 0 Å². The molecular weight excluding hydrogens is 388 g/mol. The Morgan fingerprint density at radius 3 is 2.26 bits per heavy atom. The second-order valence-electron chi connectivity index (χ2n) is 8.61. The predicted molar refractivity (Wildman–Crippen MR) is 125 cm³/mol. The van der Waals surface area contributed by atoms with E-state index in [2.05, 4.69) is 5.32 Å². The average Bonchev–Trinajstić information content (AvgIpc) is 2.74. The fourth-order valence-corrected chi connectivity index (χ4v) is 3.26. The maximum Gasteiger partial charge on any atom is 0.261 e. The van der Waals surface area contributed by atoms with Gasteiger partial charge in [0, 0.05) is 13.1 Å². The number of nitrogens with one attached hydrogen (secondary N) is 1.